The Bertz CT molecular complexity index is 1370. The number of carbonyl (C=O) groups excluding carboxylic acids is 2. The molecule has 0 fully saturated rings. The van der Waals surface area contributed by atoms with Gasteiger partial charge in [0.1, 0.15) is 12.9 Å². The number of nitrogens with zero attached hydrogens (tertiary/aromatic N) is 5. The molecule has 4 rings (SSSR count). The fourth-order valence-electron chi connectivity index (χ4n) is 3.31. The van der Waals surface area contributed by atoms with Crippen molar-refractivity contribution >= 4 is 28.7 Å². The Kier molecular flexibility index (Phi) is 6.25. The van der Waals surface area contributed by atoms with Crippen molar-refractivity contribution in [1.82, 2.24) is 24.5 Å². The van der Waals surface area contributed by atoms with Crippen LogP contribution in [0.5, 0.6) is 0 Å². The summed E-state index contributed by atoms with van der Waals surface area (Å²) in [5.41, 5.74) is 3.01. The summed E-state index contributed by atoms with van der Waals surface area (Å²) in [6, 6.07) is 14.2. The van der Waals surface area contributed by atoms with Crippen LogP contribution < -0.4 is 10.9 Å². The van der Waals surface area contributed by atoms with Crippen molar-refractivity contribution in [3.05, 3.63) is 81.9 Å². The Hall–Kier alpha value is -4.34. The molecule has 4 aromatic rings. The van der Waals surface area contributed by atoms with Crippen molar-refractivity contribution in [2.45, 2.75) is 26.9 Å². The molecule has 1 amide bonds. The van der Waals surface area contributed by atoms with Gasteiger partial charge in [0.25, 0.3) is 5.56 Å². The van der Waals surface area contributed by atoms with Gasteiger partial charge in [0.2, 0.25) is 5.91 Å². The lowest BCUT2D eigenvalue weighted by Gasteiger charge is -2.08. The molecule has 0 radical (unpaired) electrons. The fraction of sp³-hybridized carbons (Fsp3) is 0.217. The number of esters is 1. The van der Waals surface area contributed by atoms with Gasteiger partial charge < -0.3 is 10.1 Å². The van der Waals surface area contributed by atoms with Crippen molar-refractivity contribution in [3.63, 3.8) is 0 Å². The highest BCUT2D eigenvalue weighted by Gasteiger charge is 2.15. The minimum absolute atomic E-state index is 0.0951. The molecule has 0 aliphatic heterocycles. The van der Waals surface area contributed by atoms with E-state index < -0.39 is 17.4 Å². The molecule has 2 aromatic heterocycles. The summed E-state index contributed by atoms with van der Waals surface area (Å²) in [5.74, 6) is -0.855. The van der Waals surface area contributed by atoms with Crippen molar-refractivity contribution in [3.8, 4) is 0 Å². The van der Waals surface area contributed by atoms with Crippen LogP contribution in [0.4, 0.5) is 5.69 Å². The first kappa shape index (κ1) is 21.9. The van der Waals surface area contributed by atoms with E-state index in [1.807, 2.05) is 31.2 Å². The number of ether oxygens (including phenoxy) is 1. The molecule has 2 aromatic carbocycles. The minimum atomic E-state index is -0.455. The first-order chi connectivity index (χ1) is 16.0. The molecular weight excluding hydrogens is 424 g/mol. The van der Waals surface area contributed by atoms with Gasteiger partial charge in [-0.05, 0) is 49.2 Å². The summed E-state index contributed by atoms with van der Waals surface area (Å²) in [6.07, 6.45) is 1.31. The third kappa shape index (κ3) is 4.79. The molecule has 10 heteroatoms. The second kappa shape index (κ2) is 9.43. The van der Waals surface area contributed by atoms with Gasteiger partial charge in [-0.15, -0.1) is 5.10 Å². The van der Waals surface area contributed by atoms with E-state index in [9.17, 15) is 14.4 Å². The first-order valence-electron chi connectivity index (χ1n) is 10.4. The number of fused-ring (bicyclic) bond motifs is 1. The molecule has 0 bridgehead atoms. The van der Waals surface area contributed by atoms with Crippen LogP contribution in [0.2, 0.25) is 0 Å². The molecule has 0 aliphatic rings. The molecule has 2 heterocycles. The van der Waals surface area contributed by atoms with E-state index in [2.05, 4.69) is 20.6 Å². The van der Waals surface area contributed by atoms with Gasteiger partial charge >= 0.3 is 5.97 Å². The lowest BCUT2D eigenvalue weighted by atomic mass is 10.1. The predicted octanol–water partition coefficient (Wildman–Crippen LogP) is 2.16. The maximum atomic E-state index is 12.8. The molecular formula is C23H22N6O4. The van der Waals surface area contributed by atoms with Gasteiger partial charge in [-0.2, -0.15) is 0 Å². The molecule has 1 N–H and O–H groups in total. The number of nitrogens with one attached hydrogen (secondary N) is 1. The number of amides is 1. The average molecular weight is 446 g/mol. The van der Waals surface area contributed by atoms with Gasteiger partial charge in [-0.1, -0.05) is 29.5 Å². The third-order valence-corrected chi connectivity index (χ3v) is 5.07. The second-order valence-electron chi connectivity index (χ2n) is 7.37. The molecule has 10 nitrogen and oxygen atoms in total. The van der Waals surface area contributed by atoms with E-state index >= 15 is 0 Å². The van der Waals surface area contributed by atoms with Gasteiger partial charge in [0, 0.05) is 5.69 Å². The van der Waals surface area contributed by atoms with Crippen LogP contribution in [0.25, 0.3) is 11.2 Å². The first-order valence-corrected chi connectivity index (χ1v) is 10.4. The average Bonchev–Trinajstić information content (AvgIpc) is 3.21. The van der Waals surface area contributed by atoms with Gasteiger partial charge in [0.15, 0.2) is 11.2 Å². The zero-order chi connectivity index (χ0) is 23.4. The molecule has 0 saturated heterocycles. The molecule has 0 spiro atoms. The van der Waals surface area contributed by atoms with E-state index in [0.717, 1.165) is 11.1 Å². The molecule has 0 unspecified atom stereocenters. The number of hydrogen-bond donors (Lipinski definition) is 1. The Morgan fingerprint density at radius 3 is 2.58 bits per heavy atom. The summed E-state index contributed by atoms with van der Waals surface area (Å²) < 4.78 is 7.67. The smallest absolute Gasteiger partial charge is 0.338 e. The van der Waals surface area contributed by atoms with Crippen molar-refractivity contribution in [2.75, 3.05) is 11.9 Å². The monoisotopic (exact) mass is 446 g/mol. The largest absolute Gasteiger partial charge is 0.462 e. The van der Waals surface area contributed by atoms with Crippen LogP contribution in [-0.2, 0) is 22.6 Å². The van der Waals surface area contributed by atoms with Gasteiger partial charge in [-0.25, -0.2) is 14.5 Å². The third-order valence-electron chi connectivity index (χ3n) is 5.07. The summed E-state index contributed by atoms with van der Waals surface area (Å²) >= 11 is 0. The lowest BCUT2D eigenvalue weighted by Crippen LogP contribution is -2.28. The zero-order valence-corrected chi connectivity index (χ0v) is 18.2. The van der Waals surface area contributed by atoms with E-state index in [1.165, 1.54) is 10.9 Å². The quantitative estimate of drug-likeness (QED) is 0.432. The number of benzene rings is 2. The van der Waals surface area contributed by atoms with Crippen LogP contribution in [0.15, 0.2) is 59.7 Å². The Balaban J connectivity index is 1.47. The maximum Gasteiger partial charge on any atom is 0.338 e. The van der Waals surface area contributed by atoms with Crippen molar-refractivity contribution in [2.24, 2.45) is 0 Å². The minimum Gasteiger partial charge on any atom is -0.462 e. The zero-order valence-electron chi connectivity index (χ0n) is 18.2. The second-order valence-corrected chi connectivity index (χ2v) is 7.37. The van der Waals surface area contributed by atoms with E-state index in [4.69, 9.17) is 4.74 Å². The Labute approximate surface area is 188 Å². The lowest BCUT2D eigenvalue weighted by molar-refractivity contribution is -0.116. The van der Waals surface area contributed by atoms with Crippen LogP contribution >= 0.6 is 0 Å². The molecule has 0 saturated carbocycles. The number of carbonyl (C=O) groups is 2. The molecule has 168 valence electrons. The Morgan fingerprint density at radius 2 is 1.85 bits per heavy atom. The van der Waals surface area contributed by atoms with Crippen LogP contribution in [0.1, 0.15) is 28.4 Å². The molecule has 0 atom stereocenters. The summed E-state index contributed by atoms with van der Waals surface area (Å²) in [7, 11) is 0. The normalized spacial score (nSPS) is 10.8. The van der Waals surface area contributed by atoms with Crippen LogP contribution in [-0.4, -0.2) is 43.0 Å². The Morgan fingerprint density at radius 1 is 1.09 bits per heavy atom. The number of aromatic nitrogens is 5. The topological polar surface area (TPSA) is 121 Å². The molecule has 33 heavy (non-hydrogen) atoms. The van der Waals surface area contributed by atoms with E-state index in [-0.39, 0.29) is 18.7 Å². The van der Waals surface area contributed by atoms with E-state index in [1.54, 1.807) is 35.9 Å². The standard InChI is InChI=1S/C23H22N6O4/c1-3-33-23(32)16-8-10-18(11-9-16)25-19(30)13-28-14-24-21-20(22(28)31)26-27-29(21)12-17-7-5-4-6-15(17)2/h4-11,14H,3,12-13H2,1-2H3,(H,25,30). The van der Waals surface area contributed by atoms with Gasteiger partial charge in [0.05, 0.1) is 18.7 Å². The number of rotatable bonds is 7. The van der Waals surface area contributed by atoms with Crippen LogP contribution in [0, 0.1) is 6.92 Å². The van der Waals surface area contributed by atoms with Crippen LogP contribution in [0.3, 0.4) is 0 Å². The van der Waals surface area contributed by atoms with E-state index in [0.29, 0.717) is 23.4 Å². The predicted molar refractivity (Wildman–Crippen MR) is 121 cm³/mol. The highest BCUT2D eigenvalue weighted by atomic mass is 16.5. The molecule has 0 aliphatic carbocycles. The van der Waals surface area contributed by atoms with Crippen molar-refractivity contribution in [1.29, 1.82) is 0 Å². The van der Waals surface area contributed by atoms with Crippen molar-refractivity contribution < 1.29 is 14.3 Å². The summed E-state index contributed by atoms with van der Waals surface area (Å²) in [5, 5.41) is 10.7. The highest BCUT2D eigenvalue weighted by molar-refractivity contribution is 5.93. The summed E-state index contributed by atoms with van der Waals surface area (Å²) in [6.45, 7) is 4.20. The van der Waals surface area contributed by atoms with Gasteiger partial charge in [-0.3, -0.25) is 14.2 Å². The number of aryl methyl sites for hydroxylation is 1. The number of anilines is 1. The maximum absolute atomic E-state index is 12.8. The summed E-state index contributed by atoms with van der Waals surface area (Å²) in [4.78, 5) is 41.3. The highest BCUT2D eigenvalue weighted by Crippen LogP contribution is 2.12. The fourth-order valence-corrected chi connectivity index (χ4v) is 3.31. The number of hydrogen-bond acceptors (Lipinski definition) is 7. The SMILES string of the molecule is CCOC(=O)c1ccc(NC(=O)Cn2cnc3c(nnn3Cc3ccccc3C)c2=O)cc1.